The smallest absolute Gasteiger partial charge is 0.340 e. The standard InChI is InChI=1S/C9H12N4O3/c1-5-2-7(13(12-5)9(10)15)8(14)11-6-3-16-4-6/h2,6H,3-4H2,1H3,(H2,10,15)(H,11,14). The summed E-state index contributed by atoms with van der Waals surface area (Å²) in [5.74, 6) is -0.368. The van der Waals surface area contributed by atoms with Gasteiger partial charge in [-0.3, -0.25) is 4.79 Å². The van der Waals surface area contributed by atoms with Crippen LogP contribution >= 0.6 is 0 Å². The quantitative estimate of drug-likeness (QED) is 0.690. The van der Waals surface area contributed by atoms with Crippen molar-refractivity contribution >= 4 is 11.9 Å². The Morgan fingerprint density at radius 1 is 1.62 bits per heavy atom. The Morgan fingerprint density at radius 2 is 2.31 bits per heavy atom. The van der Waals surface area contributed by atoms with Crippen molar-refractivity contribution in [2.45, 2.75) is 13.0 Å². The molecule has 1 aliphatic rings. The highest BCUT2D eigenvalue weighted by Gasteiger charge is 2.24. The van der Waals surface area contributed by atoms with Gasteiger partial charge in [0.1, 0.15) is 5.69 Å². The molecule has 0 aliphatic carbocycles. The number of aromatic nitrogens is 2. The third-order valence-electron chi connectivity index (χ3n) is 2.25. The van der Waals surface area contributed by atoms with Crippen LogP contribution in [0.2, 0.25) is 0 Å². The molecule has 16 heavy (non-hydrogen) atoms. The third-order valence-corrected chi connectivity index (χ3v) is 2.25. The lowest BCUT2D eigenvalue weighted by molar-refractivity contribution is -0.00360. The average Bonchev–Trinajstić information content (AvgIpc) is 2.53. The average molecular weight is 224 g/mol. The first kappa shape index (κ1) is 10.6. The summed E-state index contributed by atoms with van der Waals surface area (Å²) in [4.78, 5) is 22.8. The van der Waals surface area contributed by atoms with E-state index in [9.17, 15) is 9.59 Å². The summed E-state index contributed by atoms with van der Waals surface area (Å²) in [5.41, 5.74) is 5.81. The molecule has 1 aromatic rings. The lowest BCUT2D eigenvalue weighted by Crippen LogP contribution is -2.49. The number of rotatable bonds is 2. The summed E-state index contributed by atoms with van der Waals surface area (Å²) in [5, 5.41) is 6.54. The number of ether oxygens (including phenoxy) is 1. The van der Waals surface area contributed by atoms with E-state index >= 15 is 0 Å². The van der Waals surface area contributed by atoms with Gasteiger partial charge in [-0.1, -0.05) is 0 Å². The topological polar surface area (TPSA) is 99.2 Å². The van der Waals surface area contributed by atoms with E-state index in [0.29, 0.717) is 18.9 Å². The molecule has 7 nitrogen and oxygen atoms in total. The van der Waals surface area contributed by atoms with Crippen LogP contribution < -0.4 is 11.1 Å². The zero-order chi connectivity index (χ0) is 11.7. The Balaban J connectivity index is 2.17. The number of nitrogens with two attached hydrogens (primary N) is 1. The van der Waals surface area contributed by atoms with Crippen molar-refractivity contribution in [2.75, 3.05) is 13.2 Å². The third kappa shape index (κ3) is 1.89. The molecule has 1 saturated heterocycles. The minimum atomic E-state index is -0.775. The van der Waals surface area contributed by atoms with E-state index in [1.165, 1.54) is 6.07 Å². The van der Waals surface area contributed by atoms with Gasteiger partial charge >= 0.3 is 6.03 Å². The summed E-state index contributed by atoms with van der Waals surface area (Å²) in [6.07, 6.45) is 0. The second kappa shape index (κ2) is 3.93. The van der Waals surface area contributed by atoms with Crippen molar-refractivity contribution in [1.29, 1.82) is 0 Å². The summed E-state index contributed by atoms with van der Waals surface area (Å²) in [6.45, 7) is 2.67. The van der Waals surface area contributed by atoms with Crippen LogP contribution in [0, 0.1) is 6.92 Å². The van der Waals surface area contributed by atoms with Crippen molar-refractivity contribution in [2.24, 2.45) is 5.73 Å². The molecule has 3 N–H and O–H groups in total. The van der Waals surface area contributed by atoms with Crippen LogP contribution in [0.15, 0.2) is 6.07 Å². The van der Waals surface area contributed by atoms with Crippen molar-refractivity contribution in [3.8, 4) is 0 Å². The fourth-order valence-corrected chi connectivity index (χ4v) is 1.41. The first-order valence-electron chi connectivity index (χ1n) is 4.83. The first-order valence-corrected chi connectivity index (χ1v) is 4.83. The van der Waals surface area contributed by atoms with Crippen LogP contribution in [0.1, 0.15) is 16.2 Å². The van der Waals surface area contributed by atoms with Crippen molar-refractivity contribution in [1.82, 2.24) is 15.1 Å². The summed E-state index contributed by atoms with van der Waals surface area (Å²) in [7, 11) is 0. The van der Waals surface area contributed by atoms with Gasteiger partial charge in [0.25, 0.3) is 5.91 Å². The Kier molecular flexibility index (Phi) is 2.61. The number of carbonyl (C=O) groups excluding carboxylic acids is 2. The molecular formula is C9H12N4O3. The van der Waals surface area contributed by atoms with E-state index in [1.807, 2.05) is 0 Å². The van der Waals surface area contributed by atoms with Crippen LogP contribution in [-0.4, -0.2) is 41.0 Å². The lowest BCUT2D eigenvalue weighted by Gasteiger charge is -2.26. The molecule has 1 fully saturated rings. The van der Waals surface area contributed by atoms with Crippen LogP contribution in [0.25, 0.3) is 0 Å². The van der Waals surface area contributed by atoms with E-state index in [4.69, 9.17) is 10.5 Å². The number of nitrogens with zero attached hydrogens (tertiary/aromatic N) is 2. The SMILES string of the molecule is Cc1cc(C(=O)NC2COC2)n(C(N)=O)n1. The van der Waals surface area contributed by atoms with E-state index in [-0.39, 0.29) is 17.6 Å². The molecule has 0 radical (unpaired) electrons. The van der Waals surface area contributed by atoms with Crippen molar-refractivity contribution in [3.05, 3.63) is 17.5 Å². The maximum absolute atomic E-state index is 11.8. The van der Waals surface area contributed by atoms with E-state index in [2.05, 4.69) is 10.4 Å². The molecule has 0 aromatic carbocycles. The van der Waals surface area contributed by atoms with E-state index < -0.39 is 6.03 Å². The predicted octanol–water partition coefficient (Wildman–Crippen LogP) is -0.753. The molecule has 2 amide bonds. The highest BCUT2D eigenvalue weighted by Crippen LogP contribution is 2.06. The number of nitrogens with one attached hydrogen (secondary N) is 1. The molecular weight excluding hydrogens is 212 g/mol. The number of amides is 2. The van der Waals surface area contributed by atoms with Gasteiger partial charge < -0.3 is 15.8 Å². The summed E-state index contributed by atoms with van der Waals surface area (Å²) < 4.78 is 5.82. The Morgan fingerprint density at radius 3 is 2.81 bits per heavy atom. The number of aryl methyl sites for hydroxylation is 1. The number of carbonyl (C=O) groups is 2. The molecule has 1 aliphatic heterocycles. The van der Waals surface area contributed by atoms with Crippen LogP contribution in [-0.2, 0) is 4.74 Å². The summed E-state index contributed by atoms with van der Waals surface area (Å²) >= 11 is 0. The maximum Gasteiger partial charge on any atom is 0.340 e. The van der Waals surface area contributed by atoms with Crippen LogP contribution in [0.3, 0.4) is 0 Å². The van der Waals surface area contributed by atoms with Gasteiger partial charge in [0.2, 0.25) is 0 Å². The number of hydrogen-bond donors (Lipinski definition) is 2. The number of hydrogen-bond acceptors (Lipinski definition) is 4. The molecule has 0 atom stereocenters. The molecule has 7 heteroatoms. The molecule has 2 rings (SSSR count). The fourth-order valence-electron chi connectivity index (χ4n) is 1.41. The summed E-state index contributed by atoms with van der Waals surface area (Å²) in [6, 6.07) is 0.742. The van der Waals surface area contributed by atoms with Crippen molar-refractivity contribution < 1.29 is 14.3 Å². The van der Waals surface area contributed by atoms with Gasteiger partial charge in [0, 0.05) is 0 Å². The highest BCUT2D eigenvalue weighted by molar-refractivity contribution is 5.96. The van der Waals surface area contributed by atoms with Crippen LogP contribution in [0.4, 0.5) is 4.79 Å². The van der Waals surface area contributed by atoms with Gasteiger partial charge in [-0.05, 0) is 13.0 Å². The molecule has 86 valence electrons. The van der Waals surface area contributed by atoms with Gasteiger partial charge in [0.05, 0.1) is 24.9 Å². The second-order valence-corrected chi connectivity index (χ2v) is 3.63. The molecule has 0 bridgehead atoms. The minimum absolute atomic E-state index is 0.00373. The van der Waals surface area contributed by atoms with Gasteiger partial charge in [-0.15, -0.1) is 0 Å². The van der Waals surface area contributed by atoms with Crippen molar-refractivity contribution in [3.63, 3.8) is 0 Å². The molecule has 0 saturated carbocycles. The zero-order valence-corrected chi connectivity index (χ0v) is 8.77. The van der Waals surface area contributed by atoms with E-state index in [0.717, 1.165) is 4.68 Å². The minimum Gasteiger partial charge on any atom is -0.377 e. The monoisotopic (exact) mass is 224 g/mol. The largest absolute Gasteiger partial charge is 0.377 e. The predicted molar refractivity (Wildman–Crippen MR) is 54.0 cm³/mol. The lowest BCUT2D eigenvalue weighted by atomic mass is 10.2. The number of primary amides is 1. The second-order valence-electron chi connectivity index (χ2n) is 3.63. The van der Waals surface area contributed by atoms with E-state index in [1.54, 1.807) is 6.92 Å². The highest BCUT2D eigenvalue weighted by atomic mass is 16.5. The Hall–Kier alpha value is -1.89. The maximum atomic E-state index is 11.8. The fraction of sp³-hybridized carbons (Fsp3) is 0.444. The zero-order valence-electron chi connectivity index (χ0n) is 8.77. The molecule has 1 aromatic heterocycles. The van der Waals surface area contributed by atoms with Gasteiger partial charge in [0.15, 0.2) is 0 Å². The van der Waals surface area contributed by atoms with Crippen LogP contribution in [0.5, 0.6) is 0 Å². The Bertz CT molecular complexity index is 436. The molecule has 2 heterocycles. The van der Waals surface area contributed by atoms with Gasteiger partial charge in [-0.2, -0.15) is 9.78 Å². The Labute approximate surface area is 91.5 Å². The first-order chi connectivity index (χ1) is 7.58. The normalized spacial score (nSPS) is 15.6. The van der Waals surface area contributed by atoms with Gasteiger partial charge in [-0.25, -0.2) is 4.79 Å². The molecule has 0 unspecified atom stereocenters. The molecule has 0 spiro atoms.